The van der Waals surface area contributed by atoms with Crippen LogP contribution in [0.3, 0.4) is 0 Å². The van der Waals surface area contributed by atoms with E-state index in [2.05, 4.69) is 30.3 Å². The molecule has 0 fully saturated rings. The molecular weight excluding hydrogens is 168 g/mol. The molecule has 1 rings (SSSR count). The van der Waals surface area contributed by atoms with E-state index in [0.717, 1.165) is 10.9 Å². The van der Waals surface area contributed by atoms with Gasteiger partial charge in [-0.15, -0.1) is 11.8 Å². The lowest BCUT2D eigenvalue weighted by Gasteiger charge is -2.26. The van der Waals surface area contributed by atoms with Crippen LogP contribution in [0.1, 0.15) is 13.8 Å². The van der Waals surface area contributed by atoms with Crippen molar-refractivity contribution in [3.63, 3.8) is 0 Å². The Kier molecular flexibility index (Phi) is 2.98. The Balaban J connectivity index is 2.75. The molecule has 0 aromatic heterocycles. The largest absolute Gasteiger partial charge is 0.331 e. The zero-order valence-corrected chi connectivity index (χ0v) is 8.56. The van der Waals surface area contributed by atoms with Crippen molar-refractivity contribution >= 4 is 16.8 Å². The van der Waals surface area contributed by atoms with Gasteiger partial charge in [0.05, 0.1) is 5.04 Å². The maximum atomic E-state index is 4.33. The standard InChI is InChI=1S/C9H14N2S/c1-7(2)11-6-5-9(12-4)10-8(11)3/h5-7H,3H2,1-2,4H3. The van der Waals surface area contributed by atoms with Gasteiger partial charge in [0.1, 0.15) is 5.82 Å². The van der Waals surface area contributed by atoms with Gasteiger partial charge < -0.3 is 4.90 Å². The fourth-order valence-corrected chi connectivity index (χ4v) is 1.43. The first-order valence-electron chi connectivity index (χ1n) is 3.93. The van der Waals surface area contributed by atoms with Crippen molar-refractivity contribution in [2.75, 3.05) is 6.26 Å². The third-order valence-electron chi connectivity index (χ3n) is 1.68. The van der Waals surface area contributed by atoms with Crippen LogP contribution in [0.5, 0.6) is 0 Å². The smallest absolute Gasteiger partial charge is 0.126 e. The van der Waals surface area contributed by atoms with Gasteiger partial charge in [-0.25, -0.2) is 4.99 Å². The summed E-state index contributed by atoms with van der Waals surface area (Å²) in [5, 5.41) is 1.02. The monoisotopic (exact) mass is 182 g/mol. The molecule has 0 aliphatic carbocycles. The fraction of sp³-hybridized carbons (Fsp3) is 0.444. The number of nitrogens with zero attached hydrogens (tertiary/aromatic N) is 2. The van der Waals surface area contributed by atoms with Crippen LogP contribution in [-0.2, 0) is 0 Å². The SMILES string of the molecule is C=C1N=C(SC)C=CN1C(C)C. The molecule has 0 N–H and O–H groups in total. The van der Waals surface area contributed by atoms with Crippen LogP contribution < -0.4 is 0 Å². The molecule has 0 radical (unpaired) electrons. The van der Waals surface area contributed by atoms with Gasteiger partial charge >= 0.3 is 0 Å². The zero-order valence-electron chi connectivity index (χ0n) is 7.74. The lowest BCUT2D eigenvalue weighted by atomic mass is 10.3. The molecule has 3 heteroatoms. The Morgan fingerprint density at radius 3 is 2.67 bits per heavy atom. The van der Waals surface area contributed by atoms with Crippen molar-refractivity contribution in [3.05, 3.63) is 24.7 Å². The van der Waals surface area contributed by atoms with Gasteiger partial charge in [-0.3, -0.25) is 0 Å². The zero-order chi connectivity index (χ0) is 9.14. The molecule has 1 aliphatic heterocycles. The summed E-state index contributed by atoms with van der Waals surface area (Å²) in [7, 11) is 0. The van der Waals surface area contributed by atoms with E-state index in [4.69, 9.17) is 0 Å². The predicted octanol–water partition coefficient (Wildman–Crippen LogP) is 2.46. The Hall–Kier alpha value is -0.700. The first kappa shape index (κ1) is 9.39. The molecular formula is C9H14N2S. The molecule has 0 bridgehead atoms. The summed E-state index contributed by atoms with van der Waals surface area (Å²) in [6.07, 6.45) is 6.06. The normalized spacial score (nSPS) is 17.2. The van der Waals surface area contributed by atoms with Crippen LogP contribution >= 0.6 is 11.8 Å². The van der Waals surface area contributed by atoms with E-state index in [1.165, 1.54) is 0 Å². The Bertz CT molecular complexity index is 241. The van der Waals surface area contributed by atoms with Crippen molar-refractivity contribution in [3.8, 4) is 0 Å². The van der Waals surface area contributed by atoms with Crippen LogP contribution in [0.25, 0.3) is 0 Å². The predicted molar refractivity (Wildman–Crippen MR) is 56.2 cm³/mol. The Labute approximate surface area is 78.1 Å². The molecule has 2 nitrogen and oxygen atoms in total. The highest BCUT2D eigenvalue weighted by Gasteiger charge is 2.11. The molecule has 0 saturated heterocycles. The van der Waals surface area contributed by atoms with Crippen molar-refractivity contribution in [2.45, 2.75) is 19.9 Å². The van der Waals surface area contributed by atoms with Crippen LogP contribution in [0.15, 0.2) is 29.7 Å². The van der Waals surface area contributed by atoms with E-state index in [1.54, 1.807) is 11.8 Å². The molecule has 12 heavy (non-hydrogen) atoms. The van der Waals surface area contributed by atoms with Crippen LogP contribution in [-0.4, -0.2) is 22.2 Å². The highest BCUT2D eigenvalue weighted by Crippen LogP contribution is 2.17. The quantitative estimate of drug-likeness (QED) is 0.619. The third kappa shape index (κ3) is 1.91. The second kappa shape index (κ2) is 3.81. The van der Waals surface area contributed by atoms with E-state index in [-0.39, 0.29) is 0 Å². The van der Waals surface area contributed by atoms with Gasteiger partial charge in [0.2, 0.25) is 0 Å². The van der Waals surface area contributed by atoms with Crippen LogP contribution in [0.4, 0.5) is 0 Å². The molecule has 0 unspecified atom stereocenters. The molecule has 0 saturated carbocycles. The molecule has 0 spiro atoms. The molecule has 1 aliphatic rings. The van der Waals surface area contributed by atoms with E-state index < -0.39 is 0 Å². The molecule has 0 amide bonds. The lowest BCUT2D eigenvalue weighted by molar-refractivity contribution is 0.380. The Morgan fingerprint density at radius 2 is 2.25 bits per heavy atom. The van der Waals surface area contributed by atoms with E-state index >= 15 is 0 Å². The third-order valence-corrected chi connectivity index (χ3v) is 2.33. The average molecular weight is 182 g/mol. The summed E-state index contributed by atoms with van der Waals surface area (Å²) in [4.78, 5) is 6.38. The van der Waals surface area contributed by atoms with Crippen molar-refractivity contribution in [2.24, 2.45) is 4.99 Å². The van der Waals surface area contributed by atoms with E-state index in [0.29, 0.717) is 6.04 Å². The second-order valence-corrected chi connectivity index (χ2v) is 3.71. The summed E-state index contributed by atoms with van der Waals surface area (Å²) in [6, 6.07) is 0.431. The molecule has 0 atom stereocenters. The first-order valence-corrected chi connectivity index (χ1v) is 5.15. The highest BCUT2D eigenvalue weighted by molar-refractivity contribution is 8.13. The number of rotatable bonds is 1. The van der Waals surface area contributed by atoms with Gasteiger partial charge in [0.15, 0.2) is 0 Å². The number of hydrogen-bond acceptors (Lipinski definition) is 3. The van der Waals surface area contributed by atoms with Gasteiger partial charge in [-0.1, -0.05) is 6.58 Å². The molecule has 0 aromatic carbocycles. The minimum absolute atomic E-state index is 0.431. The van der Waals surface area contributed by atoms with Crippen LogP contribution in [0, 0.1) is 0 Å². The summed E-state index contributed by atoms with van der Waals surface area (Å²) in [6.45, 7) is 8.13. The van der Waals surface area contributed by atoms with E-state index in [1.807, 2.05) is 18.5 Å². The van der Waals surface area contributed by atoms with Gasteiger partial charge in [-0.2, -0.15) is 0 Å². The maximum absolute atomic E-state index is 4.33. The highest BCUT2D eigenvalue weighted by atomic mass is 32.2. The van der Waals surface area contributed by atoms with Crippen LogP contribution in [0.2, 0.25) is 0 Å². The van der Waals surface area contributed by atoms with Crippen molar-refractivity contribution in [1.29, 1.82) is 0 Å². The maximum Gasteiger partial charge on any atom is 0.126 e. The summed E-state index contributed by atoms with van der Waals surface area (Å²) in [5.74, 6) is 0.830. The van der Waals surface area contributed by atoms with Gasteiger partial charge in [0.25, 0.3) is 0 Å². The molecule has 0 aromatic rings. The fourth-order valence-electron chi connectivity index (χ4n) is 1.04. The van der Waals surface area contributed by atoms with Crippen molar-refractivity contribution < 1.29 is 0 Å². The summed E-state index contributed by atoms with van der Waals surface area (Å²) >= 11 is 1.64. The van der Waals surface area contributed by atoms with Gasteiger partial charge in [0, 0.05) is 12.2 Å². The minimum Gasteiger partial charge on any atom is -0.331 e. The molecule has 66 valence electrons. The topological polar surface area (TPSA) is 15.6 Å². The summed E-state index contributed by atoms with van der Waals surface area (Å²) in [5.41, 5.74) is 0. The number of hydrogen-bond donors (Lipinski definition) is 0. The average Bonchev–Trinajstić information content (AvgIpc) is 2.03. The molecule has 1 heterocycles. The van der Waals surface area contributed by atoms with Gasteiger partial charge in [-0.05, 0) is 26.2 Å². The Morgan fingerprint density at radius 1 is 1.58 bits per heavy atom. The van der Waals surface area contributed by atoms with E-state index in [9.17, 15) is 0 Å². The number of aliphatic imine (C=N–C) groups is 1. The minimum atomic E-state index is 0.431. The lowest BCUT2D eigenvalue weighted by Crippen LogP contribution is -2.25. The first-order chi connectivity index (χ1) is 5.65. The second-order valence-electron chi connectivity index (χ2n) is 2.89. The van der Waals surface area contributed by atoms with Crippen molar-refractivity contribution in [1.82, 2.24) is 4.90 Å². The summed E-state index contributed by atoms with van der Waals surface area (Å²) < 4.78 is 0. The number of thioether (sulfide) groups is 1.